The zero-order chi connectivity index (χ0) is 11.4. The lowest BCUT2D eigenvalue weighted by Crippen LogP contribution is -2.42. The minimum atomic E-state index is 0. The molecule has 0 saturated heterocycles. The minimum Gasteiger partial charge on any atom is -0.352 e. The van der Waals surface area contributed by atoms with Crippen molar-refractivity contribution in [2.75, 3.05) is 6.54 Å². The maximum absolute atomic E-state index is 11.8. The molecule has 2 aliphatic carbocycles. The molecule has 2 rings (SSSR count). The normalized spacial score (nSPS) is 22.6. The molecule has 100 valence electrons. The molecule has 0 radical (unpaired) electrons. The van der Waals surface area contributed by atoms with E-state index in [0.29, 0.717) is 18.4 Å². The van der Waals surface area contributed by atoms with Crippen molar-refractivity contribution in [3.05, 3.63) is 0 Å². The summed E-state index contributed by atoms with van der Waals surface area (Å²) in [6, 6.07) is 0.246. The van der Waals surface area contributed by atoms with Crippen molar-refractivity contribution < 1.29 is 4.79 Å². The number of nitrogens with one attached hydrogen (secondary N) is 1. The molecule has 0 heterocycles. The second-order valence-corrected chi connectivity index (χ2v) is 5.46. The monoisotopic (exact) mass is 260 g/mol. The SMILES string of the molecule is Cl.NCC(NC(=O)CC1CCCCC1)C1CC1. The Morgan fingerprint density at radius 1 is 1.18 bits per heavy atom. The van der Waals surface area contributed by atoms with Gasteiger partial charge in [0.2, 0.25) is 5.91 Å². The van der Waals surface area contributed by atoms with Crippen molar-refractivity contribution in [2.45, 2.75) is 57.4 Å². The number of carbonyl (C=O) groups is 1. The Morgan fingerprint density at radius 2 is 1.82 bits per heavy atom. The lowest BCUT2D eigenvalue weighted by molar-refractivity contribution is -0.123. The molecule has 1 amide bonds. The lowest BCUT2D eigenvalue weighted by atomic mass is 9.87. The zero-order valence-electron chi connectivity index (χ0n) is 10.5. The number of rotatable bonds is 5. The number of halogens is 1. The van der Waals surface area contributed by atoms with Crippen LogP contribution in [0.2, 0.25) is 0 Å². The Morgan fingerprint density at radius 3 is 2.35 bits per heavy atom. The molecule has 1 atom stereocenters. The van der Waals surface area contributed by atoms with E-state index in [0.717, 1.165) is 6.42 Å². The van der Waals surface area contributed by atoms with Crippen LogP contribution in [0.15, 0.2) is 0 Å². The average Bonchev–Trinajstić information content (AvgIpc) is 3.11. The Hall–Kier alpha value is -0.280. The molecule has 0 aromatic carbocycles. The third kappa shape index (κ3) is 4.84. The maximum Gasteiger partial charge on any atom is 0.220 e. The van der Waals surface area contributed by atoms with E-state index in [1.54, 1.807) is 0 Å². The number of amides is 1. The second-order valence-electron chi connectivity index (χ2n) is 5.46. The van der Waals surface area contributed by atoms with Gasteiger partial charge in [-0.05, 0) is 37.5 Å². The van der Waals surface area contributed by atoms with Crippen LogP contribution < -0.4 is 11.1 Å². The number of nitrogens with two attached hydrogens (primary N) is 1. The summed E-state index contributed by atoms with van der Waals surface area (Å²) in [4.78, 5) is 11.8. The first-order valence-corrected chi connectivity index (χ1v) is 6.79. The van der Waals surface area contributed by atoms with Crippen molar-refractivity contribution in [3.8, 4) is 0 Å². The summed E-state index contributed by atoms with van der Waals surface area (Å²) in [6.07, 6.45) is 9.65. The van der Waals surface area contributed by atoms with E-state index in [1.165, 1.54) is 44.9 Å². The summed E-state index contributed by atoms with van der Waals surface area (Å²) in [5, 5.41) is 3.11. The third-order valence-corrected chi connectivity index (χ3v) is 3.99. The Balaban J connectivity index is 0.00000144. The van der Waals surface area contributed by atoms with E-state index in [1.807, 2.05) is 0 Å². The van der Waals surface area contributed by atoms with Crippen LogP contribution in [0.5, 0.6) is 0 Å². The van der Waals surface area contributed by atoms with Gasteiger partial charge in [-0.3, -0.25) is 4.79 Å². The highest BCUT2D eigenvalue weighted by atomic mass is 35.5. The van der Waals surface area contributed by atoms with E-state index >= 15 is 0 Å². The van der Waals surface area contributed by atoms with E-state index in [9.17, 15) is 4.79 Å². The molecule has 3 nitrogen and oxygen atoms in total. The minimum absolute atomic E-state index is 0. The first-order chi connectivity index (χ1) is 7.79. The van der Waals surface area contributed by atoms with Gasteiger partial charge in [-0.25, -0.2) is 0 Å². The first kappa shape index (κ1) is 14.8. The van der Waals surface area contributed by atoms with Gasteiger partial charge in [-0.2, -0.15) is 0 Å². The number of hydrogen-bond acceptors (Lipinski definition) is 2. The Bertz CT molecular complexity index is 238. The lowest BCUT2D eigenvalue weighted by Gasteiger charge is -2.22. The molecule has 2 fully saturated rings. The van der Waals surface area contributed by atoms with Crippen molar-refractivity contribution >= 4 is 18.3 Å². The van der Waals surface area contributed by atoms with E-state index in [2.05, 4.69) is 5.32 Å². The fourth-order valence-electron chi connectivity index (χ4n) is 2.79. The molecular formula is C13H25ClN2O. The molecule has 4 heteroatoms. The topological polar surface area (TPSA) is 55.1 Å². The van der Waals surface area contributed by atoms with Crippen LogP contribution in [0, 0.1) is 11.8 Å². The quantitative estimate of drug-likeness (QED) is 0.797. The highest BCUT2D eigenvalue weighted by Crippen LogP contribution is 2.32. The Kier molecular flexibility index (Phi) is 6.28. The molecule has 0 aromatic rings. The van der Waals surface area contributed by atoms with Crippen LogP contribution in [0.1, 0.15) is 51.4 Å². The zero-order valence-corrected chi connectivity index (χ0v) is 11.3. The first-order valence-electron chi connectivity index (χ1n) is 6.79. The van der Waals surface area contributed by atoms with Gasteiger partial charge < -0.3 is 11.1 Å². The van der Waals surface area contributed by atoms with Crippen LogP contribution in [-0.4, -0.2) is 18.5 Å². The van der Waals surface area contributed by atoms with E-state index in [4.69, 9.17) is 5.73 Å². The summed E-state index contributed by atoms with van der Waals surface area (Å²) < 4.78 is 0. The summed E-state index contributed by atoms with van der Waals surface area (Å²) in [5.74, 6) is 1.53. The summed E-state index contributed by atoms with van der Waals surface area (Å²) in [5.41, 5.74) is 5.68. The molecular weight excluding hydrogens is 236 g/mol. The van der Waals surface area contributed by atoms with Crippen LogP contribution >= 0.6 is 12.4 Å². The average molecular weight is 261 g/mol. The smallest absolute Gasteiger partial charge is 0.220 e. The van der Waals surface area contributed by atoms with Crippen molar-refractivity contribution in [1.82, 2.24) is 5.32 Å². The van der Waals surface area contributed by atoms with Crippen molar-refractivity contribution in [2.24, 2.45) is 17.6 Å². The molecule has 0 spiro atoms. The van der Waals surface area contributed by atoms with Gasteiger partial charge in [0.05, 0.1) is 0 Å². The fraction of sp³-hybridized carbons (Fsp3) is 0.923. The van der Waals surface area contributed by atoms with Crippen LogP contribution in [0.3, 0.4) is 0 Å². The van der Waals surface area contributed by atoms with Gasteiger partial charge in [-0.15, -0.1) is 12.4 Å². The maximum atomic E-state index is 11.8. The molecule has 0 aliphatic heterocycles. The van der Waals surface area contributed by atoms with Crippen LogP contribution in [0.25, 0.3) is 0 Å². The Labute approximate surface area is 110 Å². The predicted molar refractivity (Wildman–Crippen MR) is 72.1 cm³/mol. The molecule has 0 bridgehead atoms. The molecule has 2 aliphatic rings. The summed E-state index contributed by atoms with van der Waals surface area (Å²) >= 11 is 0. The van der Waals surface area contributed by atoms with E-state index < -0.39 is 0 Å². The number of carbonyl (C=O) groups excluding carboxylic acids is 1. The van der Waals surface area contributed by atoms with Crippen molar-refractivity contribution in [1.29, 1.82) is 0 Å². The largest absolute Gasteiger partial charge is 0.352 e. The van der Waals surface area contributed by atoms with Crippen LogP contribution in [-0.2, 0) is 4.79 Å². The van der Waals surface area contributed by atoms with Gasteiger partial charge in [0, 0.05) is 19.0 Å². The summed E-state index contributed by atoms with van der Waals surface area (Å²) in [7, 11) is 0. The second kappa shape index (κ2) is 7.22. The molecule has 3 N–H and O–H groups in total. The van der Waals surface area contributed by atoms with Gasteiger partial charge in [0.25, 0.3) is 0 Å². The highest BCUT2D eigenvalue weighted by molar-refractivity contribution is 5.85. The van der Waals surface area contributed by atoms with E-state index in [-0.39, 0.29) is 24.4 Å². The highest BCUT2D eigenvalue weighted by Gasteiger charge is 2.31. The molecule has 1 unspecified atom stereocenters. The van der Waals surface area contributed by atoms with Gasteiger partial charge in [0.1, 0.15) is 0 Å². The molecule has 2 saturated carbocycles. The van der Waals surface area contributed by atoms with Gasteiger partial charge in [-0.1, -0.05) is 19.3 Å². The fourth-order valence-corrected chi connectivity index (χ4v) is 2.79. The molecule has 0 aromatic heterocycles. The van der Waals surface area contributed by atoms with Crippen molar-refractivity contribution in [3.63, 3.8) is 0 Å². The number of hydrogen-bond donors (Lipinski definition) is 2. The standard InChI is InChI=1S/C13H24N2O.ClH/c14-9-12(11-6-7-11)15-13(16)8-10-4-2-1-3-5-10;/h10-12H,1-9,14H2,(H,15,16);1H. The third-order valence-electron chi connectivity index (χ3n) is 3.99. The predicted octanol–water partition coefficient (Wildman–Crippen LogP) is 2.23. The molecule has 17 heavy (non-hydrogen) atoms. The van der Waals surface area contributed by atoms with Crippen LogP contribution in [0.4, 0.5) is 0 Å². The van der Waals surface area contributed by atoms with Gasteiger partial charge >= 0.3 is 0 Å². The summed E-state index contributed by atoms with van der Waals surface area (Å²) in [6.45, 7) is 0.598. The van der Waals surface area contributed by atoms with Gasteiger partial charge in [0.15, 0.2) is 0 Å².